The Bertz CT molecular complexity index is 344. The van der Waals surface area contributed by atoms with Gasteiger partial charge in [-0.05, 0) is 51.2 Å². The molecule has 0 unspecified atom stereocenters. The Morgan fingerprint density at radius 1 is 1.06 bits per heavy atom. The number of aryl methyl sites for hydroxylation is 1. The van der Waals surface area contributed by atoms with Gasteiger partial charge in [0.25, 0.3) is 0 Å². The molecular formula is C15H27NS. The van der Waals surface area contributed by atoms with Crippen LogP contribution in [0.15, 0.2) is 12.1 Å². The Kier molecular flexibility index (Phi) is 4.79. The molecule has 0 aromatic carbocycles. The summed E-state index contributed by atoms with van der Waals surface area (Å²) in [5.41, 5.74) is 0.532. The van der Waals surface area contributed by atoms with Crippen LogP contribution in [-0.2, 0) is 12.8 Å². The quantitative estimate of drug-likeness (QED) is 0.826. The lowest BCUT2D eigenvalue weighted by atomic mass is 9.87. The standard InChI is InChI=1S/C15H27NS/c1-7-12-8-9-13(17-12)10-15(5,6)11-16-14(2,3)4/h8-9,16H,7,10-11H2,1-6H3. The molecular weight excluding hydrogens is 226 g/mol. The van der Waals surface area contributed by atoms with E-state index in [1.165, 1.54) is 16.2 Å². The molecule has 0 saturated heterocycles. The van der Waals surface area contributed by atoms with E-state index in [9.17, 15) is 0 Å². The van der Waals surface area contributed by atoms with Crippen molar-refractivity contribution in [1.82, 2.24) is 5.32 Å². The van der Waals surface area contributed by atoms with E-state index in [1.54, 1.807) is 0 Å². The Morgan fingerprint density at radius 3 is 2.12 bits per heavy atom. The topological polar surface area (TPSA) is 12.0 Å². The lowest BCUT2D eigenvalue weighted by Crippen LogP contribution is -2.42. The number of rotatable bonds is 5. The third-order valence-electron chi connectivity index (χ3n) is 2.82. The fourth-order valence-electron chi connectivity index (χ4n) is 1.75. The molecule has 0 spiro atoms. The predicted molar refractivity (Wildman–Crippen MR) is 78.9 cm³/mol. The van der Waals surface area contributed by atoms with Crippen molar-refractivity contribution in [1.29, 1.82) is 0 Å². The van der Waals surface area contributed by atoms with E-state index >= 15 is 0 Å². The third kappa shape index (κ3) is 5.69. The molecule has 1 heterocycles. The average Bonchev–Trinajstić information content (AvgIpc) is 2.61. The maximum absolute atomic E-state index is 3.61. The first kappa shape index (κ1) is 14.7. The SMILES string of the molecule is CCc1ccc(CC(C)(C)CNC(C)(C)C)s1. The first-order chi connectivity index (χ1) is 7.72. The minimum atomic E-state index is 0.210. The van der Waals surface area contributed by atoms with Crippen LogP contribution in [0.25, 0.3) is 0 Å². The molecule has 1 rings (SSSR count). The van der Waals surface area contributed by atoms with E-state index in [2.05, 4.69) is 59.0 Å². The van der Waals surface area contributed by atoms with Gasteiger partial charge in [-0.2, -0.15) is 0 Å². The first-order valence-corrected chi connectivity index (χ1v) is 7.36. The molecule has 0 amide bonds. The molecule has 0 aliphatic rings. The van der Waals surface area contributed by atoms with Gasteiger partial charge in [0.15, 0.2) is 0 Å². The lowest BCUT2D eigenvalue weighted by molar-refractivity contribution is 0.290. The van der Waals surface area contributed by atoms with Crippen LogP contribution in [0.2, 0.25) is 0 Å². The molecule has 0 aliphatic heterocycles. The van der Waals surface area contributed by atoms with Gasteiger partial charge < -0.3 is 5.32 Å². The van der Waals surface area contributed by atoms with Crippen molar-refractivity contribution in [3.05, 3.63) is 21.9 Å². The fourth-order valence-corrected chi connectivity index (χ4v) is 2.96. The van der Waals surface area contributed by atoms with Crippen molar-refractivity contribution in [2.75, 3.05) is 6.54 Å². The van der Waals surface area contributed by atoms with Crippen molar-refractivity contribution >= 4 is 11.3 Å². The van der Waals surface area contributed by atoms with E-state index in [-0.39, 0.29) is 5.54 Å². The summed E-state index contributed by atoms with van der Waals surface area (Å²) >= 11 is 1.97. The van der Waals surface area contributed by atoms with Crippen LogP contribution in [-0.4, -0.2) is 12.1 Å². The molecule has 0 bridgehead atoms. The fraction of sp³-hybridized carbons (Fsp3) is 0.733. The molecule has 0 aliphatic carbocycles. The zero-order chi connectivity index (χ0) is 13.1. The van der Waals surface area contributed by atoms with Crippen molar-refractivity contribution in [2.24, 2.45) is 5.41 Å². The number of hydrogen-bond donors (Lipinski definition) is 1. The lowest BCUT2D eigenvalue weighted by Gasteiger charge is -2.30. The summed E-state index contributed by atoms with van der Waals surface area (Å²) in [6, 6.07) is 4.57. The van der Waals surface area contributed by atoms with E-state index in [0.29, 0.717) is 5.41 Å². The Morgan fingerprint density at radius 2 is 1.65 bits per heavy atom. The summed E-state index contributed by atoms with van der Waals surface area (Å²) in [6.07, 6.45) is 2.33. The number of nitrogens with one attached hydrogen (secondary N) is 1. The average molecular weight is 253 g/mol. The highest BCUT2D eigenvalue weighted by Crippen LogP contribution is 2.27. The predicted octanol–water partition coefficient (Wildman–Crippen LogP) is 4.27. The van der Waals surface area contributed by atoms with Gasteiger partial charge in [0.05, 0.1) is 0 Å². The summed E-state index contributed by atoms with van der Waals surface area (Å²) in [5.74, 6) is 0. The van der Waals surface area contributed by atoms with Crippen molar-refractivity contribution in [2.45, 2.75) is 59.9 Å². The van der Waals surface area contributed by atoms with Gasteiger partial charge in [0.2, 0.25) is 0 Å². The Hall–Kier alpha value is -0.340. The molecule has 2 heteroatoms. The summed E-state index contributed by atoms with van der Waals surface area (Å²) in [5, 5.41) is 3.61. The van der Waals surface area contributed by atoms with Crippen LogP contribution < -0.4 is 5.32 Å². The van der Waals surface area contributed by atoms with Gasteiger partial charge >= 0.3 is 0 Å². The monoisotopic (exact) mass is 253 g/mol. The van der Waals surface area contributed by atoms with Crippen molar-refractivity contribution < 1.29 is 0 Å². The van der Waals surface area contributed by atoms with E-state index < -0.39 is 0 Å². The van der Waals surface area contributed by atoms with Crippen LogP contribution >= 0.6 is 11.3 Å². The molecule has 0 fully saturated rings. The second kappa shape index (κ2) is 5.53. The van der Waals surface area contributed by atoms with Gasteiger partial charge in [-0.3, -0.25) is 0 Å². The number of hydrogen-bond acceptors (Lipinski definition) is 2. The van der Waals surface area contributed by atoms with Crippen molar-refractivity contribution in [3.63, 3.8) is 0 Å². The van der Waals surface area contributed by atoms with Gasteiger partial charge in [-0.1, -0.05) is 20.8 Å². The molecule has 1 nitrogen and oxygen atoms in total. The molecule has 1 aromatic rings. The second-order valence-corrected chi connectivity index (χ2v) is 7.92. The molecule has 98 valence electrons. The molecule has 0 saturated carbocycles. The van der Waals surface area contributed by atoms with Crippen LogP contribution in [0.5, 0.6) is 0 Å². The highest BCUT2D eigenvalue weighted by molar-refractivity contribution is 7.11. The van der Waals surface area contributed by atoms with Crippen LogP contribution in [0.3, 0.4) is 0 Å². The van der Waals surface area contributed by atoms with Crippen LogP contribution in [0, 0.1) is 5.41 Å². The Balaban J connectivity index is 2.53. The summed E-state index contributed by atoms with van der Waals surface area (Å²) in [6.45, 7) is 14.7. The molecule has 1 N–H and O–H groups in total. The van der Waals surface area contributed by atoms with E-state index in [1.807, 2.05) is 11.3 Å². The summed E-state index contributed by atoms with van der Waals surface area (Å²) in [4.78, 5) is 3.02. The minimum Gasteiger partial charge on any atom is -0.312 e. The van der Waals surface area contributed by atoms with Crippen molar-refractivity contribution in [3.8, 4) is 0 Å². The second-order valence-electron chi connectivity index (χ2n) is 6.67. The van der Waals surface area contributed by atoms with Crippen LogP contribution in [0.1, 0.15) is 51.3 Å². The maximum Gasteiger partial charge on any atom is 0.00967 e. The van der Waals surface area contributed by atoms with Gasteiger partial charge in [0, 0.05) is 21.8 Å². The molecule has 17 heavy (non-hydrogen) atoms. The Labute approximate surface area is 111 Å². The normalized spacial score (nSPS) is 13.1. The maximum atomic E-state index is 3.61. The third-order valence-corrected chi connectivity index (χ3v) is 4.05. The van der Waals surface area contributed by atoms with E-state index in [0.717, 1.165) is 13.0 Å². The van der Waals surface area contributed by atoms with Gasteiger partial charge in [0.1, 0.15) is 0 Å². The smallest absolute Gasteiger partial charge is 0.00967 e. The summed E-state index contributed by atoms with van der Waals surface area (Å²) < 4.78 is 0. The van der Waals surface area contributed by atoms with Gasteiger partial charge in [-0.15, -0.1) is 11.3 Å². The molecule has 1 aromatic heterocycles. The molecule has 0 atom stereocenters. The van der Waals surface area contributed by atoms with Crippen LogP contribution in [0.4, 0.5) is 0 Å². The highest BCUT2D eigenvalue weighted by atomic mass is 32.1. The minimum absolute atomic E-state index is 0.210. The summed E-state index contributed by atoms with van der Waals surface area (Å²) in [7, 11) is 0. The molecule has 0 radical (unpaired) electrons. The van der Waals surface area contributed by atoms with Gasteiger partial charge in [-0.25, -0.2) is 0 Å². The van der Waals surface area contributed by atoms with E-state index in [4.69, 9.17) is 0 Å². The highest BCUT2D eigenvalue weighted by Gasteiger charge is 2.22. The first-order valence-electron chi connectivity index (χ1n) is 6.54. The largest absolute Gasteiger partial charge is 0.312 e. The number of thiophene rings is 1. The zero-order valence-corrected chi connectivity index (χ0v) is 13.0. The zero-order valence-electron chi connectivity index (χ0n) is 12.2.